The molecule has 152 valence electrons. The lowest BCUT2D eigenvalue weighted by atomic mass is 10.3. The van der Waals surface area contributed by atoms with Gasteiger partial charge in [0.15, 0.2) is 5.69 Å². The minimum atomic E-state index is -0.333. The Labute approximate surface area is 172 Å². The number of aromatic nitrogens is 6. The Kier molecular flexibility index (Phi) is 4.60. The van der Waals surface area contributed by atoms with Crippen LogP contribution in [-0.2, 0) is 0 Å². The first kappa shape index (κ1) is 18.3. The maximum Gasteiger partial charge on any atom is 0.276 e. The van der Waals surface area contributed by atoms with Crippen molar-refractivity contribution in [1.82, 2.24) is 34.4 Å². The number of amides is 1. The van der Waals surface area contributed by atoms with Crippen LogP contribution < -0.4 is 10.2 Å². The second kappa shape index (κ2) is 7.56. The van der Waals surface area contributed by atoms with Gasteiger partial charge >= 0.3 is 0 Å². The molecular formula is C20H21N9O. The van der Waals surface area contributed by atoms with Crippen LogP contribution in [0.5, 0.6) is 0 Å². The number of rotatable bonds is 4. The van der Waals surface area contributed by atoms with E-state index >= 15 is 0 Å². The third kappa shape index (κ3) is 3.48. The van der Waals surface area contributed by atoms with E-state index in [4.69, 9.17) is 0 Å². The van der Waals surface area contributed by atoms with E-state index in [1.54, 1.807) is 41.7 Å². The summed E-state index contributed by atoms with van der Waals surface area (Å²) < 4.78 is 1.66. The molecule has 2 N–H and O–H groups in total. The number of likely N-dealkylation sites (N-methyl/N-ethyl adjacent to an activating group) is 1. The number of fused-ring (bicyclic) bond motifs is 1. The molecule has 0 unspecified atom stereocenters. The molecule has 0 aliphatic carbocycles. The van der Waals surface area contributed by atoms with E-state index in [0.717, 1.165) is 32.0 Å². The number of anilines is 2. The Morgan fingerprint density at radius 1 is 1.13 bits per heavy atom. The molecule has 0 atom stereocenters. The Morgan fingerprint density at radius 2 is 2.00 bits per heavy atom. The molecule has 0 radical (unpaired) electrons. The molecule has 10 nitrogen and oxygen atoms in total. The third-order valence-corrected chi connectivity index (χ3v) is 5.18. The number of imidazole rings is 1. The molecule has 4 aromatic heterocycles. The van der Waals surface area contributed by atoms with Crippen molar-refractivity contribution in [3.05, 3.63) is 55.0 Å². The van der Waals surface area contributed by atoms with Crippen LogP contribution in [0.2, 0.25) is 0 Å². The van der Waals surface area contributed by atoms with E-state index in [-0.39, 0.29) is 11.6 Å². The van der Waals surface area contributed by atoms with Crippen LogP contribution in [0.4, 0.5) is 11.5 Å². The van der Waals surface area contributed by atoms with Gasteiger partial charge in [0.25, 0.3) is 5.91 Å². The van der Waals surface area contributed by atoms with Crippen molar-refractivity contribution in [3.8, 4) is 5.95 Å². The van der Waals surface area contributed by atoms with E-state index in [9.17, 15) is 4.79 Å². The van der Waals surface area contributed by atoms with Gasteiger partial charge in [0.1, 0.15) is 12.1 Å². The summed E-state index contributed by atoms with van der Waals surface area (Å²) in [5, 5.41) is 2.89. The number of pyridine rings is 1. The lowest BCUT2D eigenvalue weighted by Gasteiger charge is -2.33. The van der Waals surface area contributed by atoms with Crippen LogP contribution in [0, 0.1) is 0 Å². The molecule has 0 spiro atoms. The minimum absolute atomic E-state index is 0.261. The maximum absolute atomic E-state index is 13.0. The monoisotopic (exact) mass is 403 g/mol. The van der Waals surface area contributed by atoms with Gasteiger partial charge in [-0.1, -0.05) is 0 Å². The van der Waals surface area contributed by atoms with Crippen molar-refractivity contribution < 1.29 is 4.79 Å². The fraction of sp³-hybridized carbons (Fsp3) is 0.250. The number of H-pyrrole nitrogens is 1. The lowest BCUT2D eigenvalue weighted by Crippen LogP contribution is -2.44. The van der Waals surface area contributed by atoms with Crippen LogP contribution in [0.15, 0.2) is 49.3 Å². The molecule has 1 aliphatic heterocycles. The normalized spacial score (nSPS) is 14.9. The molecule has 5 heterocycles. The largest absolute Gasteiger partial charge is 0.358 e. The molecule has 1 fully saturated rings. The van der Waals surface area contributed by atoms with Gasteiger partial charge in [0, 0.05) is 44.8 Å². The number of hydrogen-bond donors (Lipinski definition) is 2. The van der Waals surface area contributed by atoms with Crippen molar-refractivity contribution >= 4 is 28.4 Å². The van der Waals surface area contributed by atoms with E-state index in [1.807, 2.05) is 12.1 Å². The number of carbonyl (C=O) groups is 1. The first-order chi connectivity index (χ1) is 14.7. The number of nitrogens with zero attached hydrogens (tertiary/aromatic N) is 7. The molecular weight excluding hydrogens is 382 g/mol. The molecule has 1 saturated heterocycles. The summed E-state index contributed by atoms with van der Waals surface area (Å²) in [6.45, 7) is 3.91. The first-order valence-electron chi connectivity index (χ1n) is 9.72. The highest BCUT2D eigenvalue weighted by atomic mass is 16.1. The van der Waals surface area contributed by atoms with Gasteiger partial charge in [-0.25, -0.2) is 19.9 Å². The van der Waals surface area contributed by atoms with E-state index in [2.05, 4.69) is 47.1 Å². The highest BCUT2D eigenvalue weighted by Crippen LogP contribution is 2.19. The van der Waals surface area contributed by atoms with Crippen molar-refractivity contribution in [1.29, 1.82) is 0 Å². The predicted octanol–water partition coefficient (Wildman–Crippen LogP) is 1.54. The fourth-order valence-corrected chi connectivity index (χ4v) is 3.46. The van der Waals surface area contributed by atoms with Crippen LogP contribution in [0.1, 0.15) is 10.5 Å². The van der Waals surface area contributed by atoms with Gasteiger partial charge in [-0.3, -0.25) is 9.36 Å². The number of nitrogens with one attached hydrogen (secondary N) is 2. The number of hydrogen-bond acceptors (Lipinski definition) is 7. The Bertz CT molecular complexity index is 1160. The number of piperazine rings is 1. The highest BCUT2D eigenvalue weighted by molar-refractivity contribution is 6.10. The van der Waals surface area contributed by atoms with Gasteiger partial charge in [-0.15, -0.1) is 0 Å². The van der Waals surface area contributed by atoms with Crippen LogP contribution in [-0.4, -0.2) is 73.5 Å². The van der Waals surface area contributed by atoms with Crippen LogP contribution in [0.3, 0.4) is 0 Å². The molecule has 1 amide bonds. The Morgan fingerprint density at radius 3 is 2.73 bits per heavy atom. The SMILES string of the molecule is CN1CCN(c2ccc(NC(=O)c3nc(-n4ccnc4)nc4cc[nH]c34)cn2)CC1. The third-order valence-electron chi connectivity index (χ3n) is 5.18. The zero-order chi connectivity index (χ0) is 20.5. The second-order valence-corrected chi connectivity index (χ2v) is 7.23. The van der Waals surface area contributed by atoms with Gasteiger partial charge in [0.05, 0.1) is 22.9 Å². The summed E-state index contributed by atoms with van der Waals surface area (Å²) in [5.41, 5.74) is 2.11. The Hall–Kier alpha value is -3.79. The minimum Gasteiger partial charge on any atom is -0.358 e. The summed E-state index contributed by atoms with van der Waals surface area (Å²) in [6, 6.07) is 5.60. The Balaban J connectivity index is 1.38. The maximum atomic E-state index is 13.0. The van der Waals surface area contributed by atoms with E-state index in [0.29, 0.717) is 22.7 Å². The summed E-state index contributed by atoms with van der Waals surface area (Å²) in [7, 11) is 2.12. The second-order valence-electron chi connectivity index (χ2n) is 7.23. The topological polar surface area (TPSA) is 108 Å². The smallest absolute Gasteiger partial charge is 0.276 e. The molecule has 4 aromatic rings. The van der Waals surface area contributed by atoms with Gasteiger partial charge < -0.3 is 20.1 Å². The van der Waals surface area contributed by atoms with Crippen LogP contribution in [0.25, 0.3) is 17.0 Å². The van der Waals surface area contributed by atoms with E-state index in [1.165, 1.54) is 0 Å². The highest BCUT2D eigenvalue weighted by Gasteiger charge is 2.18. The predicted molar refractivity (Wildman–Crippen MR) is 113 cm³/mol. The van der Waals surface area contributed by atoms with Crippen molar-refractivity contribution in [2.24, 2.45) is 0 Å². The van der Waals surface area contributed by atoms with Gasteiger partial charge in [-0.2, -0.15) is 0 Å². The standard InChI is InChI=1S/C20H21N9O/c1-27-8-10-28(11-9-27)16-3-2-14(12-23-16)24-19(30)18-17-15(4-5-22-17)25-20(26-18)29-7-6-21-13-29/h2-7,12-13,22H,8-11H2,1H3,(H,24,30). The molecule has 1 aliphatic rings. The summed E-state index contributed by atoms with van der Waals surface area (Å²) in [4.78, 5) is 38.0. The van der Waals surface area contributed by atoms with E-state index < -0.39 is 0 Å². The quantitative estimate of drug-likeness (QED) is 0.532. The number of carbonyl (C=O) groups excluding carboxylic acids is 1. The van der Waals surface area contributed by atoms with Gasteiger partial charge in [-0.05, 0) is 25.2 Å². The average Bonchev–Trinajstić information content (AvgIpc) is 3.46. The fourth-order valence-electron chi connectivity index (χ4n) is 3.46. The van der Waals surface area contributed by atoms with Crippen LogP contribution >= 0.6 is 0 Å². The van der Waals surface area contributed by atoms with Crippen molar-refractivity contribution in [3.63, 3.8) is 0 Å². The molecule has 10 heteroatoms. The summed E-state index contributed by atoms with van der Waals surface area (Å²) in [5.74, 6) is 0.964. The zero-order valence-electron chi connectivity index (χ0n) is 16.5. The first-order valence-corrected chi connectivity index (χ1v) is 9.72. The summed E-state index contributed by atoms with van der Waals surface area (Å²) >= 11 is 0. The van der Waals surface area contributed by atoms with Gasteiger partial charge in [0.2, 0.25) is 5.95 Å². The molecule has 30 heavy (non-hydrogen) atoms. The lowest BCUT2D eigenvalue weighted by molar-refractivity contribution is 0.102. The molecule has 5 rings (SSSR count). The average molecular weight is 403 g/mol. The molecule has 0 bridgehead atoms. The molecule has 0 aromatic carbocycles. The zero-order valence-corrected chi connectivity index (χ0v) is 16.5. The van der Waals surface area contributed by atoms with Crippen molar-refractivity contribution in [2.75, 3.05) is 43.4 Å². The summed E-state index contributed by atoms with van der Waals surface area (Å²) in [6.07, 6.45) is 8.38. The number of aromatic amines is 1. The molecule has 0 saturated carbocycles. The van der Waals surface area contributed by atoms with Crippen molar-refractivity contribution in [2.45, 2.75) is 0 Å².